The maximum absolute atomic E-state index is 5.60. The molecule has 0 saturated carbocycles. The van der Waals surface area contributed by atoms with Crippen molar-refractivity contribution in [2.75, 3.05) is 51.4 Å². The Morgan fingerprint density at radius 3 is 3.04 bits per heavy atom. The van der Waals surface area contributed by atoms with Gasteiger partial charge in [-0.3, -0.25) is 4.99 Å². The number of hydrogen-bond donors (Lipinski definition) is 2. The van der Waals surface area contributed by atoms with Gasteiger partial charge in [0.25, 0.3) is 0 Å². The Balaban J connectivity index is 0.00000338. The molecule has 26 heavy (non-hydrogen) atoms. The van der Waals surface area contributed by atoms with Gasteiger partial charge in [0.05, 0.1) is 12.7 Å². The van der Waals surface area contributed by atoms with Crippen LogP contribution >= 0.6 is 24.0 Å². The van der Waals surface area contributed by atoms with E-state index in [1.165, 1.54) is 5.56 Å². The van der Waals surface area contributed by atoms with E-state index in [1.54, 1.807) is 7.05 Å². The van der Waals surface area contributed by atoms with E-state index >= 15 is 0 Å². The summed E-state index contributed by atoms with van der Waals surface area (Å²) in [5.74, 6) is 1.81. The highest BCUT2D eigenvalue weighted by atomic mass is 127. The van der Waals surface area contributed by atoms with Crippen molar-refractivity contribution in [1.82, 2.24) is 15.6 Å². The van der Waals surface area contributed by atoms with Gasteiger partial charge in [0.15, 0.2) is 5.96 Å². The van der Waals surface area contributed by atoms with Crippen LogP contribution in [0.4, 0.5) is 5.82 Å². The van der Waals surface area contributed by atoms with Crippen LogP contribution in [0.15, 0.2) is 23.3 Å². The van der Waals surface area contributed by atoms with Crippen molar-refractivity contribution in [3.63, 3.8) is 0 Å². The fraction of sp³-hybridized carbons (Fsp3) is 0.667. The summed E-state index contributed by atoms with van der Waals surface area (Å²) in [6, 6.07) is 4.16. The Morgan fingerprint density at radius 1 is 1.46 bits per heavy atom. The van der Waals surface area contributed by atoms with Crippen molar-refractivity contribution in [1.29, 1.82) is 0 Å². The van der Waals surface area contributed by atoms with Gasteiger partial charge < -0.3 is 25.0 Å². The standard InChI is InChI=1S/C18H31N5O2.HI/c1-4-24-10-5-7-21-18(19-3)22-13-16-6-8-20-17(12-16)23-9-11-25-15(2)14-23;/h6,8,12,15H,4-5,7,9-11,13-14H2,1-3H3,(H2,19,21,22);1H. The highest BCUT2D eigenvalue weighted by molar-refractivity contribution is 14.0. The van der Waals surface area contributed by atoms with E-state index in [2.05, 4.69) is 38.5 Å². The van der Waals surface area contributed by atoms with E-state index < -0.39 is 0 Å². The van der Waals surface area contributed by atoms with Gasteiger partial charge in [0.2, 0.25) is 0 Å². The fourth-order valence-electron chi connectivity index (χ4n) is 2.70. The monoisotopic (exact) mass is 477 g/mol. The fourth-order valence-corrected chi connectivity index (χ4v) is 2.70. The van der Waals surface area contributed by atoms with Crippen LogP contribution in [0, 0.1) is 0 Å². The van der Waals surface area contributed by atoms with Crippen LogP contribution in [0.2, 0.25) is 0 Å². The lowest BCUT2D eigenvalue weighted by atomic mass is 10.2. The summed E-state index contributed by atoms with van der Waals surface area (Å²) < 4.78 is 10.9. The van der Waals surface area contributed by atoms with Crippen molar-refractivity contribution in [2.24, 2.45) is 4.99 Å². The summed E-state index contributed by atoms with van der Waals surface area (Å²) in [5, 5.41) is 6.64. The number of anilines is 1. The molecule has 0 spiro atoms. The molecule has 0 bridgehead atoms. The number of aromatic nitrogens is 1. The normalized spacial score (nSPS) is 17.6. The highest BCUT2D eigenvalue weighted by Crippen LogP contribution is 2.16. The summed E-state index contributed by atoms with van der Waals surface area (Å²) in [7, 11) is 1.78. The second-order valence-electron chi connectivity index (χ2n) is 6.05. The van der Waals surface area contributed by atoms with Crippen LogP contribution in [0.5, 0.6) is 0 Å². The Bertz CT molecular complexity index is 544. The zero-order chi connectivity index (χ0) is 17.9. The number of morpholine rings is 1. The molecule has 0 aromatic carbocycles. The van der Waals surface area contributed by atoms with Gasteiger partial charge in [-0.05, 0) is 38.0 Å². The number of nitrogens with zero attached hydrogens (tertiary/aromatic N) is 3. The lowest BCUT2D eigenvalue weighted by Crippen LogP contribution is -2.41. The summed E-state index contributed by atoms with van der Waals surface area (Å²) >= 11 is 0. The zero-order valence-electron chi connectivity index (χ0n) is 16.0. The molecule has 2 N–H and O–H groups in total. The molecule has 1 aromatic heterocycles. The van der Waals surface area contributed by atoms with E-state index in [9.17, 15) is 0 Å². The lowest BCUT2D eigenvalue weighted by Gasteiger charge is -2.32. The smallest absolute Gasteiger partial charge is 0.191 e. The number of aliphatic imine (C=N–C) groups is 1. The molecule has 0 amide bonds. The average molecular weight is 477 g/mol. The predicted molar refractivity (Wildman–Crippen MR) is 117 cm³/mol. The number of pyridine rings is 1. The first-order valence-electron chi connectivity index (χ1n) is 9.06. The second-order valence-corrected chi connectivity index (χ2v) is 6.05. The predicted octanol–water partition coefficient (Wildman–Crippen LogP) is 2.02. The maximum Gasteiger partial charge on any atom is 0.191 e. The third-order valence-corrected chi connectivity index (χ3v) is 4.02. The van der Waals surface area contributed by atoms with Crippen LogP contribution in [-0.2, 0) is 16.0 Å². The van der Waals surface area contributed by atoms with Crippen molar-refractivity contribution in [3.8, 4) is 0 Å². The molecule has 0 radical (unpaired) electrons. The Labute approximate surface area is 174 Å². The molecular weight excluding hydrogens is 445 g/mol. The molecule has 8 heteroatoms. The van der Waals surface area contributed by atoms with Crippen molar-refractivity contribution in [3.05, 3.63) is 23.9 Å². The van der Waals surface area contributed by atoms with Crippen LogP contribution in [-0.4, -0.2) is 63.6 Å². The third-order valence-electron chi connectivity index (χ3n) is 4.02. The van der Waals surface area contributed by atoms with Gasteiger partial charge in [-0.1, -0.05) is 0 Å². The van der Waals surface area contributed by atoms with E-state index in [1.807, 2.05) is 19.2 Å². The zero-order valence-corrected chi connectivity index (χ0v) is 18.4. The van der Waals surface area contributed by atoms with Crippen LogP contribution in [0.3, 0.4) is 0 Å². The quantitative estimate of drug-likeness (QED) is 0.259. The largest absolute Gasteiger partial charge is 0.382 e. The Kier molecular flexibility index (Phi) is 11.5. The number of ether oxygens (including phenoxy) is 2. The number of guanidine groups is 1. The molecular formula is C18H32IN5O2. The molecule has 1 unspecified atom stereocenters. The van der Waals surface area contributed by atoms with Gasteiger partial charge in [-0.2, -0.15) is 0 Å². The molecule has 7 nitrogen and oxygen atoms in total. The Hall–Kier alpha value is -1.13. The van der Waals surface area contributed by atoms with E-state index in [4.69, 9.17) is 9.47 Å². The van der Waals surface area contributed by atoms with E-state index in [-0.39, 0.29) is 30.1 Å². The molecule has 0 aliphatic carbocycles. The van der Waals surface area contributed by atoms with Crippen LogP contribution < -0.4 is 15.5 Å². The van der Waals surface area contributed by atoms with Crippen LogP contribution in [0.25, 0.3) is 0 Å². The van der Waals surface area contributed by atoms with Crippen LogP contribution in [0.1, 0.15) is 25.8 Å². The van der Waals surface area contributed by atoms with Gasteiger partial charge in [0.1, 0.15) is 5.82 Å². The number of nitrogens with one attached hydrogen (secondary N) is 2. The van der Waals surface area contributed by atoms with E-state index in [0.29, 0.717) is 6.54 Å². The first kappa shape index (κ1) is 22.9. The SMILES string of the molecule is CCOCCCNC(=NC)NCc1ccnc(N2CCOC(C)C2)c1.I. The minimum absolute atomic E-state index is 0. The summed E-state index contributed by atoms with van der Waals surface area (Å²) in [6.45, 7) is 9.71. The topological polar surface area (TPSA) is 71.0 Å². The van der Waals surface area contributed by atoms with Gasteiger partial charge in [-0.25, -0.2) is 4.98 Å². The molecule has 1 fully saturated rings. The maximum atomic E-state index is 5.60. The molecule has 148 valence electrons. The summed E-state index contributed by atoms with van der Waals surface area (Å²) in [5.41, 5.74) is 1.18. The molecule has 2 rings (SSSR count). The minimum Gasteiger partial charge on any atom is -0.382 e. The van der Waals surface area contributed by atoms with E-state index in [0.717, 1.165) is 57.7 Å². The summed E-state index contributed by atoms with van der Waals surface area (Å²) in [4.78, 5) is 11.0. The number of hydrogen-bond acceptors (Lipinski definition) is 5. The van der Waals surface area contributed by atoms with Gasteiger partial charge in [0, 0.05) is 52.6 Å². The van der Waals surface area contributed by atoms with Crippen molar-refractivity contribution < 1.29 is 9.47 Å². The molecule has 1 aliphatic heterocycles. The summed E-state index contributed by atoms with van der Waals surface area (Å²) in [6.07, 6.45) is 3.07. The Morgan fingerprint density at radius 2 is 2.31 bits per heavy atom. The first-order valence-corrected chi connectivity index (χ1v) is 9.06. The lowest BCUT2D eigenvalue weighted by molar-refractivity contribution is 0.0529. The minimum atomic E-state index is 0. The molecule has 2 heterocycles. The molecule has 1 aliphatic rings. The molecule has 1 aromatic rings. The highest BCUT2D eigenvalue weighted by Gasteiger charge is 2.17. The van der Waals surface area contributed by atoms with Crippen molar-refractivity contribution in [2.45, 2.75) is 32.9 Å². The molecule has 1 atom stereocenters. The number of halogens is 1. The van der Waals surface area contributed by atoms with Crippen molar-refractivity contribution >= 4 is 35.8 Å². The first-order chi connectivity index (χ1) is 12.2. The average Bonchev–Trinajstić information content (AvgIpc) is 2.64. The number of rotatable bonds is 8. The third kappa shape index (κ3) is 8.05. The molecule has 1 saturated heterocycles. The van der Waals surface area contributed by atoms with Gasteiger partial charge in [-0.15, -0.1) is 24.0 Å². The van der Waals surface area contributed by atoms with Gasteiger partial charge >= 0.3 is 0 Å². The second kappa shape index (κ2) is 13.1.